The number of quaternary nitrogens is 1. The summed E-state index contributed by atoms with van der Waals surface area (Å²) in [6, 6.07) is -0.843. The first-order valence-electron chi connectivity index (χ1n) is 33.1. The van der Waals surface area contributed by atoms with E-state index in [0.717, 1.165) is 32.1 Å². The Morgan fingerprint density at radius 1 is 0.446 bits per heavy atom. The minimum atomic E-state index is -4.35. The fourth-order valence-corrected chi connectivity index (χ4v) is 11.1. The average Bonchev–Trinajstić information content (AvgIpc) is 3.36. The summed E-state index contributed by atoms with van der Waals surface area (Å²) >= 11 is 0. The van der Waals surface area contributed by atoms with Crippen molar-refractivity contribution in [3.8, 4) is 0 Å². The number of likely N-dealkylation sites (N-methyl/N-ethyl adjacent to an activating group) is 1. The standard InChI is InChI=1S/C65H131N2O6P/c1-6-8-10-12-14-16-18-20-22-24-26-28-29-30-31-32-33-34-35-36-37-38-39-40-42-44-46-48-50-52-54-56-58-64(68)63(62-73-74(70,71)72-61-60-67(3,4)5)66-65(69)59-57-55-53-51-49-47-45-43-41-27-25-23-21-19-17-15-13-11-9-7-2/h56,58,63-64,68H,6-55,57,59-62H2,1-5H3,(H-,66,69,70,71)/p+1/b58-56+. The number of phosphoric ester groups is 1. The van der Waals surface area contributed by atoms with Crippen molar-refractivity contribution in [1.29, 1.82) is 0 Å². The van der Waals surface area contributed by atoms with Gasteiger partial charge in [0.05, 0.1) is 39.9 Å². The van der Waals surface area contributed by atoms with E-state index >= 15 is 0 Å². The number of aliphatic hydroxyl groups excluding tert-OH is 1. The van der Waals surface area contributed by atoms with Gasteiger partial charge in [-0.3, -0.25) is 13.8 Å². The van der Waals surface area contributed by atoms with Crippen LogP contribution in [0.15, 0.2) is 12.2 Å². The van der Waals surface area contributed by atoms with Crippen LogP contribution in [-0.2, 0) is 18.4 Å². The van der Waals surface area contributed by atoms with Gasteiger partial charge in [0.25, 0.3) is 0 Å². The van der Waals surface area contributed by atoms with Gasteiger partial charge in [0, 0.05) is 6.42 Å². The van der Waals surface area contributed by atoms with Crippen LogP contribution < -0.4 is 5.32 Å². The number of hydrogen-bond donors (Lipinski definition) is 3. The molecule has 0 heterocycles. The van der Waals surface area contributed by atoms with Crippen LogP contribution in [0.4, 0.5) is 0 Å². The summed E-state index contributed by atoms with van der Waals surface area (Å²) in [7, 11) is 1.59. The molecule has 0 saturated heterocycles. The molecule has 0 spiro atoms. The van der Waals surface area contributed by atoms with Crippen molar-refractivity contribution in [2.45, 2.75) is 360 Å². The van der Waals surface area contributed by atoms with Crippen LogP contribution in [-0.4, -0.2) is 73.4 Å². The minimum Gasteiger partial charge on any atom is -0.387 e. The number of nitrogens with one attached hydrogen (secondary N) is 1. The number of carbonyl (C=O) groups is 1. The van der Waals surface area contributed by atoms with Crippen LogP contribution >= 0.6 is 7.82 Å². The summed E-state index contributed by atoms with van der Waals surface area (Å²) in [4.78, 5) is 23.4. The molecule has 3 N–H and O–H groups in total. The number of nitrogens with zero attached hydrogens (tertiary/aromatic N) is 1. The lowest BCUT2D eigenvalue weighted by Gasteiger charge is -2.25. The highest BCUT2D eigenvalue weighted by Crippen LogP contribution is 2.43. The highest BCUT2D eigenvalue weighted by atomic mass is 31.2. The lowest BCUT2D eigenvalue weighted by molar-refractivity contribution is -0.870. The molecule has 0 saturated carbocycles. The monoisotopic (exact) mass is 1070 g/mol. The normalized spacial score (nSPS) is 13.8. The SMILES string of the molecule is CCCCCCCCCCCCCCCCCCCCCCCCCCCCCCCC/C=C/C(O)C(COP(=O)(O)OCC[N+](C)(C)C)NC(=O)CCCCCCCCCCCCCCCCCCCCCC. The zero-order valence-corrected chi connectivity index (χ0v) is 51.5. The van der Waals surface area contributed by atoms with Crippen molar-refractivity contribution in [2.75, 3.05) is 40.9 Å². The van der Waals surface area contributed by atoms with Crippen LogP contribution in [0.25, 0.3) is 0 Å². The summed E-state index contributed by atoms with van der Waals surface area (Å²) in [6.07, 6.45) is 72.0. The second kappa shape index (κ2) is 56.9. The molecule has 0 aromatic carbocycles. The summed E-state index contributed by atoms with van der Waals surface area (Å²) in [6.45, 7) is 4.88. The maximum atomic E-state index is 13.0. The number of rotatable bonds is 62. The first-order chi connectivity index (χ1) is 36.0. The predicted octanol–water partition coefficient (Wildman–Crippen LogP) is 20.6. The minimum absolute atomic E-state index is 0.0654. The van der Waals surface area contributed by atoms with Gasteiger partial charge >= 0.3 is 7.82 Å². The van der Waals surface area contributed by atoms with Gasteiger partial charge in [0.15, 0.2) is 0 Å². The van der Waals surface area contributed by atoms with E-state index in [4.69, 9.17) is 9.05 Å². The smallest absolute Gasteiger partial charge is 0.387 e. The van der Waals surface area contributed by atoms with Gasteiger partial charge in [-0.25, -0.2) is 4.57 Å². The van der Waals surface area contributed by atoms with Crippen LogP contribution in [0.3, 0.4) is 0 Å². The van der Waals surface area contributed by atoms with Crippen molar-refractivity contribution in [3.05, 3.63) is 12.2 Å². The zero-order valence-electron chi connectivity index (χ0n) is 50.6. The van der Waals surface area contributed by atoms with E-state index in [2.05, 4.69) is 19.2 Å². The van der Waals surface area contributed by atoms with Gasteiger partial charge in [-0.1, -0.05) is 334 Å². The van der Waals surface area contributed by atoms with Gasteiger partial charge in [-0.2, -0.15) is 0 Å². The van der Waals surface area contributed by atoms with E-state index in [1.165, 1.54) is 295 Å². The molecule has 0 bridgehead atoms. The van der Waals surface area contributed by atoms with Crippen molar-refractivity contribution in [1.82, 2.24) is 5.32 Å². The zero-order chi connectivity index (χ0) is 54.2. The molecule has 3 unspecified atom stereocenters. The highest BCUT2D eigenvalue weighted by Gasteiger charge is 2.28. The summed E-state index contributed by atoms with van der Waals surface area (Å²) in [5, 5.41) is 14.0. The van der Waals surface area contributed by atoms with Crippen molar-refractivity contribution < 1.29 is 32.9 Å². The largest absolute Gasteiger partial charge is 0.472 e. The first-order valence-corrected chi connectivity index (χ1v) is 34.6. The highest BCUT2D eigenvalue weighted by molar-refractivity contribution is 7.47. The number of unbranched alkanes of at least 4 members (excludes halogenated alkanes) is 49. The second-order valence-corrected chi connectivity index (χ2v) is 25.7. The molecule has 0 aliphatic carbocycles. The third kappa shape index (κ3) is 58.9. The summed E-state index contributed by atoms with van der Waals surface area (Å²) < 4.78 is 23.8. The van der Waals surface area contributed by atoms with Crippen molar-refractivity contribution in [2.24, 2.45) is 0 Å². The Labute approximate surface area is 462 Å². The molecule has 0 rings (SSSR count). The quantitative estimate of drug-likeness (QED) is 0.0243. The van der Waals surface area contributed by atoms with Crippen LogP contribution in [0, 0.1) is 0 Å². The molecule has 3 atom stereocenters. The molecule has 0 aliphatic rings. The van der Waals surface area contributed by atoms with E-state index < -0.39 is 20.0 Å². The Balaban J connectivity index is 4.04. The van der Waals surface area contributed by atoms with Gasteiger partial charge in [-0.05, 0) is 19.3 Å². The Kier molecular flexibility index (Phi) is 56.4. The fraction of sp³-hybridized carbons (Fsp3) is 0.954. The molecule has 0 fully saturated rings. The van der Waals surface area contributed by atoms with Crippen LogP contribution in [0.1, 0.15) is 348 Å². The lowest BCUT2D eigenvalue weighted by atomic mass is 10.0. The Hall–Kier alpha value is -0.760. The molecule has 0 aliphatic heterocycles. The Bertz CT molecular complexity index is 1210. The molecule has 9 heteroatoms. The van der Waals surface area contributed by atoms with E-state index in [0.29, 0.717) is 17.4 Å². The number of aliphatic hydroxyl groups is 1. The van der Waals surface area contributed by atoms with Gasteiger partial charge in [0.2, 0.25) is 5.91 Å². The maximum absolute atomic E-state index is 13.0. The molecular formula is C65H132N2O6P+. The summed E-state index contributed by atoms with van der Waals surface area (Å²) in [5.41, 5.74) is 0. The number of phosphoric acid groups is 1. The summed E-state index contributed by atoms with van der Waals surface area (Å²) in [5.74, 6) is -0.168. The molecular weight excluding hydrogens is 936 g/mol. The predicted molar refractivity (Wildman–Crippen MR) is 323 cm³/mol. The molecule has 0 aromatic heterocycles. The van der Waals surface area contributed by atoms with Gasteiger partial charge < -0.3 is 19.8 Å². The van der Waals surface area contributed by atoms with E-state index in [-0.39, 0.29) is 19.1 Å². The van der Waals surface area contributed by atoms with Crippen LogP contribution in [0.2, 0.25) is 0 Å². The topological polar surface area (TPSA) is 105 Å². The molecule has 0 radical (unpaired) electrons. The third-order valence-electron chi connectivity index (χ3n) is 15.5. The van der Waals surface area contributed by atoms with E-state index in [9.17, 15) is 19.4 Å². The first kappa shape index (κ1) is 73.2. The Morgan fingerprint density at radius 3 is 1.00 bits per heavy atom. The molecule has 8 nitrogen and oxygen atoms in total. The van der Waals surface area contributed by atoms with E-state index in [1.807, 2.05) is 27.2 Å². The van der Waals surface area contributed by atoms with E-state index in [1.54, 1.807) is 6.08 Å². The molecule has 0 aromatic rings. The number of amides is 1. The maximum Gasteiger partial charge on any atom is 0.472 e. The number of carbonyl (C=O) groups excluding carboxylic acids is 1. The van der Waals surface area contributed by atoms with Crippen LogP contribution in [0.5, 0.6) is 0 Å². The molecule has 442 valence electrons. The van der Waals surface area contributed by atoms with Gasteiger partial charge in [-0.15, -0.1) is 0 Å². The molecule has 1 amide bonds. The Morgan fingerprint density at radius 2 is 0.716 bits per heavy atom. The number of allylic oxidation sites excluding steroid dienone is 1. The van der Waals surface area contributed by atoms with Gasteiger partial charge in [0.1, 0.15) is 13.2 Å². The second-order valence-electron chi connectivity index (χ2n) is 24.2. The molecule has 74 heavy (non-hydrogen) atoms. The average molecular weight is 1070 g/mol. The van der Waals surface area contributed by atoms with Crippen molar-refractivity contribution >= 4 is 13.7 Å². The number of hydrogen-bond acceptors (Lipinski definition) is 5. The van der Waals surface area contributed by atoms with Crippen molar-refractivity contribution in [3.63, 3.8) is 0 Å². The third-order valence-corrected chi connectivity index (χ3v) is 16.5. The lowest BCUT2D eigenvalue weighted by Crippen LogP contribution is -2.45. The fourth-order valence-electron chi connectivity index (χ4n) is 10.3.